The number of piperazine rings is 1. The van der Waals surface area contributed by atoms with Crippen molar-refractivity contribution < 1.29 is 27.4 Å². The molecule has 2 aromatic rings. The van der Waals surface area contributed by atoms with E-state index in [1.807, 2.05) is 12.1 Å². The van der Waals surface area contributed by atoms with Crippen LogP contribution in [0.5, 0.6) is 11.5 Å². The molecule has 0 spiro atoms. The molecule has 0 aliphatic carbocycles. The molecule has 2 aromatic carbocycles. The number of likely N-dealkylation sites (N-methyl/N-ethyl adjacent to an activating group) is 1. The van der Waals surface area contributed by atoms with Crippen LogP contribution in [0.4, 0.5) is 13.2 Å². The first-order valence-electron chi connectivity index (χ1n) is 11.9. The molecule has 0 radical (unpaired) electrons. The van der Waals surface area contributed by atoms with Crippen LogP contribution in [0.2, 0.25) is 0 Å². The molecule has 1 N–H and O–H groups in total. The maximum atomic E-state index is 12.4. The molecule has 0 atom stereocenters. The lowest BCUT2D eigenvalue weighted by atomic mass is 10.1. The third kappa shape index (κ3) is 9.07. The van der Waals surface area contributed by atoms with Gasteiger partial charge in [-0.2, -0.15) is 13.2 Å². The molecule has 35 heavy (non-hydrogen) atoms. The van der Waals surface area contributed by atoms with Crippen LogP contribution in [0.1, 0.15) is 30.0 Å². The van der Waals surface area contributed by atoms with Gasteiger partial charge in [0.15, 0.2) is 18.1 Å². The molecule has 1 saturated heterocycles. The summed E-state index contributed by atoms with van der Waals surface area (Å²) < 4.78 is 47.1. The van der Waals surface area contributed by atoms with Crippen molar-refractivity contribution >= 4 is 5.91 Å². The molecular formula is C26H34F3N3O3. The number of nitrogens with zero attached hydrogens (tertiary/aromatic N) is 2. The fourth-order valence-electron chi connectivity index (χ4n) is 3.98. The van der Waals surface area contributed by atoms with Crippen molar-refractivity contribution in [3.05, 3.63) is 59.2 Å². The normalized spacial score (nSPS) is 15.1. The fraction of sp³-hybridized carbons (Fsp3) is 0.500. The van der Waals surface area contributed by atoms with E-state index in [1.54, 1.807) is 12.1 Å². The second-order valence-corrected chi connectivity index (χ2v) is 8.69. The second kappa shape index (κ2) is 12.8. The standard InChI is InChI=1S/C26H34F3N3O3/c1-3-31-12-14-32(15-13-31)18-22-6-4-21(5-7-22)17-30-25(33)11-9-20-8-10-23(24(16-20)34-2)35-19-26(27,28)29/h4-8,10,16H,3,9,11-15,17-19H2,1-2H3,(H,30,33). The highest BCUT2D eigenvalue weighted by Gasteiger charge is 2.29. The number of carbonyl (C=O) groups is 1. The van der Waals surface area contributed by atoms with Crippen LogP contribution < -0.4 is 14.8 Å². The summed E-state index contributed by atoms with van der Waals surface area (Å²) in [5, 5.41) is 2.92. The SMILES string of the molecule is CCN1CCN(Cc2ccc(CNC(=O)CCc3ccc(OCC(F)(F)F)c(OC)c3)cc2)CC1. The van der Waals surface area contributed by atoms with Gasteiger partial charge in [0.2, 0.25) is 5.91 Å². The average molecular weight is 494 g/mol. The zero-order valence-corrected chi connectivity index (χ0v) is 20.4. The summed E-state index contributed by atoms with van der Waals surface area (Å²) in [5.74, 6) is 0.128. The van der Waals surface area contributed by atoms with Gasteiger partial charge in [0.25, 0.3) is 0 Å². The zero-order chi connectivity index (χ0) is 25.3. The largest absolute Gasteiger partial charge is 0.493 e. The third-order valence-electron chi connectivity index (χ3n) is 6.09. The van der Waals surface area contributed by atoms with E-state index in [0.717, 1.165) is 50.4 Å². The van der Waals surface area contributed by atoms with Gasteiger partial charge < -0.3 is 19.7 Å². The number of carbonyl (C=O) groups excluding carboxylic acids is 1. The first-order valence-corrected chi connectivity index (χ1v) is 11.9. The molecule has 0 bridgehead atoms. The predicted molar refractivity (Wildman–Crippen MR) is 129 cm³/mol. The highest BCUT2D eigenvalue weighted by atomic mass is 19.4. The number of nitrogens with one attached hydrogen (secondary N) is 1. The van der Waals surface area contributed by atoms with Crippen molar-refractivity contribution in [1.82, 2.24) is 15.1 Å². The molecule has 1 amide bonds. The van der Waals surface area contributed by atoms with Gasteiger partial charge in [-0.15, -0.1) is 0 Å². The van der Waals surface area contributed by atoms with Gasteiger partial charge in [-0.1, -0.05) is 37.3 Å². The Morgan fingerprint density at radius 3 is 2.20 bits per heavy atom. The smallest absolute Gasteiger partial charge is 0.422 e. The van der Waals surface area contributed by atoms with Crippen LogP contribution in [-0.2, 0) is 24.3 Å². The van der Waals surface area contributed by atoms with Crippen molar-refractivity contribution in [1.29, 1.82) is 0 Å². The first kappa shape index (κ1) is 26.8. The van der Waals surface area contributed by atoms with Gasteiger partial charge in [-0.3, -0.25) is 9.69 Å². The van der Waals surface area contributed by atoms with Crippen LogP contribution in [0.25, 0.3) is 0 Å². The maximum Gasteiger partial charge on any atom is 0.422 e. The van der Waals surface area contributed by atoms with Gasteiger partial charge in [0.1, 0.15) is 0 Å². The Bertz CT molecular complexity index is 943. The van der Waals surface area contributed by atoms with Gasteiger partial charge in [0, 0.05) is 45.7 Å². The Labute approximate surface area is 205 Å². The number of hydrogen-bond donors (Lipinski definition) is 1. The number of alkyl halides is 3. The highest BCUT2D eigenvalue weighted by Crippen LogP contribution is 2.30. The Balaban J connectivity index is 1.41. The molecule has 0 unspecified atom stereocenters. The summed E-state index contributed by atoms with van der Waals surface area (Å²) in [6.45, 7) is 7.70. The van der Waals surface area contributed by atoms with E-state index in [2.05, 4.69) is 34.2 Å². The molecule has 192 valence electrons. The van der Waals surface area contributed by atoms with Gasteiger partial charge in [-0.25, -0.2) is 0 Å². The van der Waals surface area contributed by atoms with Crippen molar-refractivity contribution in [3.8, 4) is 11.5 Å². The molecule has 1 aliphatic heterocycles. The van der Waals surface area contributed by atoms with Crippen molar-refractivity contribution in [2.75, 3.05) is 46.4 Å². The number of hydrogen-bond acceptors (Lipinski definition) is 5. The Kier molecular flexibility index (Phi) is 9.80. The predicted octanol–water partition coefficient (Wildman–Crippen LogP) is 4.02. The van der Waals surface area contributed by atoms with Crippen LogP contribution in [0.3, 0.4) is 0 Å². The quantitative estimate of drug-likeness (QED) is 0.513. The molecule has 1 aliphatic rings. The lowest BCUT2D eigenvalue weighted by molar-refractivity contribution is -0.153. The van der Waals surface area contributed by atoms with Gasteiger partial charge >= 0.3 is 6.18 Å². The summed E-state index contributed by atoms with van der Waals surface area (Å²) in [6.07, 6.45) is -3.73. The summed E-state index contributed by atoms with van der Waals surface area (Å²) in [5.41, 5.74) is 3.08. The fourth-order valence-corrected chi connectivity index (χ4v) is 3.98. The van der Waals surface area contributed by atoms with Gasteiger partial charge in [0.05, 0.1) is 7.11 Å². The molecule has 6 nitrogen and oxygen atoms in total. The van der Waals surface area contributed by atoms with Crippen LogP contribution in [-0.4, -0.2) is 68.3 Å². The minimum absolute atomic E-state index is 0.0182. The minimum Gasteiger partial charge on any atom is -0.493 e. The highest BCUT2D eigenvalue weighted by molar-refractivity contribution is 5.76. The van der Waals surface area contributed by atoms with E-state index in [9.17, 15) is 18.0 Å². The minimum atomic E-state index is -4.42. The van der Waals surface area contributed by atoms with Crippen LogP contribution in [0.15, 0.2) is 42.5 Å². The van der Waals surface area contributed by atoms with Crippen molar-refractivity contribution in [3.63, 3.8) is 0 Å². The number of rotatable bonds is 11. The molecule has 9 heteroatoms. The van der Waals surface area contributed by atoms with E-state index in [0.29, 0.717) is 13.0 Å². The molecule has 1 fully saturated rings. The summed E-state index contributed by atoms with van der Waals surface area (Å²) in [6, 6.07) is 13.0. The number of amides is 1. The Morgan fingerprint density at radius 2 is 1.57 bits per heavy atom. The van der Waals surface area contributed by atoms with Crippen LogP contribution in [0, 0.1) is 0 Å². The number of halogens is 3. The third-order valence-corrected chi connectivity index (χ3v) is 6.09. The molecule has 0 aromatic heterocycles. The van der Waals surface area contributed by atoms with Gasteiger partial charge in [-0.05, 0) is 41.8 Å². The maximum absolute atomic E-state index is 12.4. The van der Waals surface area contributed by atoms with E-state index in [1.165, 1.54) is 18.7 Å². The monoisotopic (exact) mass is 493 g/mol. The summed E-state index contributed by atoms with van der Waals surface area (Å²) in [7, 11) is 1.37. The summed E-state index contributed by atoms with van der Waals surface area (Å²) >= 11 is 0. The Hall–Kier alpha value is -2.78. The zero-order valence-electron chi connectivity index (χ0n) is 20.4. The molecule has 1 heterocycles. The first-order chi connectivity index (χ1) is 16.8. The molecule has 0 saturated carbocycles. The van der Waals surface area contributed by atoms with E-state index >= 15 is 0 Å². The number of aryl methyl sites for hydroxylation is 1. The Morgan fingerprint density at radius 1 is 0.943 bits per heavy atom. The average Bonchev–Trinajstić information content (AvgIpc) is 2.86. The van der Waals surface area contributed by atoms with Crippen molar-refractivity contribution in [2.24, 2.45) is 0 Å². The second-order valence-electron chi connectivity index (χ2n) is 8.69. The number of ether oxygens (including phenoxy) is 2. The van der Waals surface area contributed by atoms with E-state index < -0.39 is 12.8 Å². The van der Waals surface area contributed by atoms with Crippen LogP contribution >= 0.6 is 0 Å². The number of methoxy groups -OCH3 is 1. The van der Waals surface area contributed by atoms with E-state index in [4.69, 9.17) is 9.47 Å². The summed E-state index contributed by atoms with van der Waals surface area (Å²) in [4.78, 5) is 17.2. The number of benzene rings is 2. The van der Waals surface area contributed by atoms with E-state index in [-0.39, 0.29) is 23.8 Å². The molecule has 3 rings (SSSR count). The lowest BCUT2D eigenvalue weighted by Crippen LogP contribution is -2.45. The van der Waals surface area contributed by atoms with Crippen molar-refractivity contribution in [2.45, 2.75) is 39.0 Å². The lowest BCUT2D eigenvalue weighted by Gasteiger charge is -2.34. The topological polar surface area (TPSA) is 54.0 Å². The molecular weight excluding hydrogens is 459 g/mol.